The van der Waals surface area contributed by atoms with Gasteiger partial charge in [-0.25, -0.2) is 13.2 Å². The normalized spacial score (nSPS) is 23.0. The fourth-order valence-corrected chi connectivity index (χ4v) is 5.88. The maximum Gasteiger partial charge on any atom is 0.277 e. The first-order valence-electron chi connectivity index (χ1n) is 10.9. The second-order valence-electron chi connectivity index (χ2n) is 8.77. The quantitative estimate of drug-likeness (QED) is 0.581. The first-order valence-corrected chi connectivity index (χ1v) is 11.7. The Morgan fingerprint density at radius 2 is 1.91 bits per heavy atom. The van der Waals surface area contributed by atoms with Gasteiger partial charge in [-0.05, 0) is 12.8 Å². The van der Waals surface area contributed by atoms with Crippen LogP contribution in [-0.4, -0.2) is 62.8 Å². The fourth-order valence-electron chi connectivity index (χ4n) is 5.02. The second-order valence-corrected chi connectivity index (χ2v) is 9.83. The molecule has 13 heteroatoms. The van der Waals surface area contributed by atoms with E-state index in [-0.39, 0.29) is 45.5 Å². The van der Waals surface area contributed by atoms with Gasteiger partial charge in [-0.15, -0.1) is 10.2 Å². The molecular formula is C22H18F3N5O4S. The number of pyridine rings is 1. The molecule has 5 heterocycles. The number of halogens is 3. The first kappa shape index (κ1) is 22.0. The summed E-state index contributed by atoms with van der Waals surface area (Å²) in [6.45, 7) is 0.456. The van der Waals surface area contributed by atoms with E-state index in [2.05, 4.69) is 10.2 Å². The average Bonchev–Trinajstić information content (AvgIpc) is 3.43. The average molecular weight is 505 g/mol. The smallest absolute Gasteiger partial charge is 0.277 e. The van der Waals surface area contributed by atoms with Gasteiger partial charge in [0.25, 0.3) is 5.91 Å². The van der Waals surface area contributed by atoms with Crippen LogP contribution in [0, 0.1) is 17.5 Å². The third kappa shape index (κ3) is 3.32. The van der Waals surface area contributed by atoms with Crippen molar-refractivity contribution in [1.82, 2.24) is 19.8 Å². The van der Waals surface area contributed by atoms with Crippen LogP contribution in [0.1, 0.15) is 33.9 Å². The zero-order valence-electron chi connectivity index (χ0n) is 18.2. The summed E-state index contributed by atoms with van der Waals surface area (Å²) in [7, 11) is 1.61. The van der Waals surface area contributed by atoms with Crippen molar-refractivity contribution in [1.29, 1.82) is 0 Å². The van der Waals surface area contributed by atoms with E-state index in [1.165, 1.54) is 15.8 Å². The molecule has 3 aliphatic rings. The maximum absolute atomic E-state index is 14.1. The van der Waals surface area contributed by atoms with Crippen LogP contribution < -0.4 is 10.4 Å². The fraction of sp³-hybridized carbons (Fsp3) is 0.364. The van der Waals surface area contributed by atoms with Gasteiger partial charge in [0, 0.05) is 37.4 Å². The lowest BCUT2D eigenvalue weighted by Gasteiger charge is -2.50. The lowest BCUT2D eigenvalue weighted by atomic mass is 10.1. The minimum absolute atomic E-state index is 0.00927. The van der Waals surface area contributed by atoms with E-state index in [4.69, 9.17) is 4.74 Å². The number of aromatic hydroxyl groups is 1. The molecule has 3 atom stereocenters. The number of morpholine rings is 1. The standard InChI is InChI=1S/C22H18F3N5O4S/c1-28-21-15-3-2-10(34-15)7-30(21)29-8-12(18(31)19(32)17(29)22(28)33)20-27-26-16(35-20)6-11-13(24)4-9(23)5-14(11)25/h4-5,8,10,15,21,32H,2-3,6-7H2,1H3/t10-,15+,21?/m1/s1. The van der Waals surface area contributed by atoms with E-state index in [1.54, 1.807) is 7.05 Å². The SMILES string of the molecule is CN1C(=O)c2c(O)c(=O)c(-c3nnc(Cc4c(F)cc(F)cc4F)s3)cn2N2C[C@H]3CC[C@H](O3)C12. The van der Waals surface area contributed by atoms with Crippen LogP contribution in [-0.2, 0) is 11.2 Å². The molecule has 0 spiro atoms. The largest absolute Gasteiger partial charge is 0.502 e. The lowest BCUT2D eigenvalue weighted by Crippen LogP contribution is -2.67. The highest BCUT2D eigenvalue weighted by molar-refractivity contribution is 7.14. The molecule has 1 aromatic carbocycles. The Kier molecular flexibility index (Phi) is 4.90. The highest BCUT2D eigenvalue weighted by Gasteiger charge is 2.49. The third-order valence-electron chi connectivity index (χ3n) is 6.66. The number of ether oxygens (including phenoxy) is 1. The molecule has 1 N–H and O–H groups in total. The second kappa shape index (κ2) is 7.78. The zero-order valence-corrected chi connectivity index (χ0v) is 19.1. The van der Waals surface area contributed by atoms with E-state index < -0.39 is 40.7 Å². The Balaban J connectivity index is 1.41. The van der Waals surface area contributed by atoms with Gasteiger partial charge >= 0.3 is 0 Å². The van der Waals surface area contributed by atoms with E-state index in [0.29, 0.717) is 18.7 Å². The van der Waals surface area contributed by atoms with Crippen molar-refractivity contribution in [3.8, 4) is 16.3 Å². The predicted molar refractivity (Wildman–Crippen MR) is 117 cm³/mol. The lowest BCUT2D eigenvalue weighted by molar-refractivity contribution is -0.0478. The number of aromatic nitrogens is 3. The molecule has 2 fully saturated rings. The molecule has 0 aliphatic carbocycles. The van der Waals surface area contributed by atoms with Crippen molar-refractivity contribution in [2.75, 3.05) is 18.6 Å². The zero-order chi connectivity index (χ0) is 24.6. The molecule has 6 rings (SSSR count). The number of likely N-dealkylation sites (N-methyl/N-ethyl adjacent to an activating group) is 1. The molecular weight excluding hydrogens is 487 g/mol. The number of benzene rings is 1. The minimum atomic E-state index is -1.05. The summed E-state index contributed by atoms with van der Waals surface area (Å²) in [4.78, 5) is 27.5. The monoisotopic (exact) mass is 505 g/mol. The topological polar surface area (TPSA) is 101 Å². The first-order chi connectivity index (χ1) is 16.7. The van der Waals surface area contributed by atoms with Gasteiger partial charge in [-0.2, -0.15) is 0 Å². The minimum Gasteiger partial charge on any atom is -0.502 e. The van der Waals surface area contributed by atoms with Crippen LogP contribution in [0.5, 0.6) is 5.75 Å². The summed E-state index contributed by atoms with van der Waals surface area (Å²) in [6, 6.07) is 1.16. The van der Waals surface area contributed by atoms with Crippen molar-refractivity contribution >= 4 is 17.2 Å². The molecule has 0 radical (unpaired) electrons. The Hall–Kier alpha value is -3.45. The van der Waals surface area contributed by atoms with Gasteiger partial charge in [0.2, 0.25) is 5.43 Å². The molecule has 3 aromatic rings. The summed E-state index contributed by atoms with van der Waals surface area (Å²) in [5, 5.41) is 20.8. The Labute approximate surface area is 200 Å². The van der Waals surface area contributed by atoms with Crippen LogP contribution in [0.15, 0.2) is 23.1 Å². The summed E-state index contributed by atoms with van der Waals surface area (Å²) in [5.41, 5.74) is -1.35. The molecule has 0 saturated carbocycles. The molecule has 182 valence electrons. The number of hydrogen-bond acceptors (Lipinski definition) is 8. The van der Waals surface area contributed by atoms with E-state index in [1.807, 2.05) is 5.01 Å². The van der Waals surface area contributed by atoms with Crippen molar-refractivity contribution in [2.45, 2.75) is 37.6 Å². The number of amides is 1. The number of hydrogen-bond donors (Lipinski definition) is 1. The van der Waals surface area contributed by atoms with Crippen LogP contribution in [0.25, 0.3) is 10.6 Å². The Morgan fingerprint density at radius 1 is 1.17 bits per heavy atom. The molecule has 2 saturated heterocycles. The van der Waals surface area contributed by atoms with Gasteiger partial charge in [-0.1, -0.05) is 11.3 Å². The third-order valence-corrected chi connectivity index (χ3v) is 7.62. The summed E-state index contributed by atoms with van der Waals surface area (Å²) in [6.07, 6.45) is 2.12. The highest BCUT2D eigenvalue weighted by atomic mass is 32.1. The van der Waals surface area contributed by atoms with Crippen molar-refractivity contribution in [3.63, 3.8) is 0 Å². The molecule has 1 amide bonds. The molecule has 2 bridgehead atoms. The van der Waals surface area contributed by atoms with Crippen LogP contribution in [0.4, 0.5) is 13.2 Å². The number of rotatable bonds is 3. The number of fused-ring (bicyclic) bond motifs is 6. The summed E-state index contributed by atoms with van der Waals surface area (Å²) >= 11 is 0.908. The molecule has 2 aromatic heterocycles. The van der Waals surface area contributed by atoms with Crippen LogP contribution in [0.3, 0.4) is 0 Å². The van der Waals surface area contributed by atoms with Crippen LogP contribution >= 0.6 is 11.3 Å². The van der Waals surface area contributed by atoms with Crippen molar-refractivity contribution < 1.29 is 27.8 Å². The van der Waals surface area contributed by atoms with Crippen molar-refractivity contribution in [2.24, 2.45) is 0 Å². The predicted octanol–water partition coefficient (Wildman–Crippen LogP) is 1.99. The summed E-state index contributed by atoms with van der Waals surface area (Å²) in [5.74, 6) is -4.37. The van der Waals surface area contributed by atoms with Gasteiger partial charge in [0.05, 0.1) is 24.3 Å². The van der Waals surface area contributed by atoms with Crippen LogP contribution in [0.2, 0.25) is 0 Å². The molecule has 9 nitrogen and oxygen atoms in total. The van der Waals surface area contributed by atoms with Gasteiger partial charge in [-0.3, -0.25) is 19.3 Å². The Bertz CT molecular complexity index is 1420. The number of nitrogens with zero attached hydrogens (tertiary/aromatic N) is 5. The van der Waals surface area contributed by atoms with Gasteiger partial charge in [0.1, 0.15) is 28.6 Å². The molecule has 1 unspecified atom stereocenters. The maximum atomic E-state index is 14.1. The van der Waals surface area contributed by atoms with Gasteiger partial charge in [0.15, 0.2) is 16.5 Å². The van der Waals surface area contributed by atoms with E-state index in [9.17, 15) is 27.9 Å². The van der Waals surface area contributed by atoms with Gasteiger partial charge < -0.3 is 14.7 Å². The molecule has 3 aliphatic heterocycles. The van der Waals surface area contributed by atoms with E-state index in [0.717, 1.165) is 24.2 Å². The van der Waals surface area contributed by atoms with Crippen molar-refractivity contribution in [3.05, 3.63) is 62.3 Å². The summed E-state index contributed by atoms with van der Waals surface area (Å²) < 4.78 is 48.8. The number of carbonyl (C=O) groups is 1. The Morgan fingerprint density at radius 3 is 2.66 bits per heavy atom. The molecule has 35 heavy (non-hydrogen) atoms. The highest BCUT2D eigenvalue weighted by Crippen LogP contribution is 2.37. The number of carbonyl (C=O) groups excluding carboxylic acids is 1. The van der Waals surface area contributed by atoms with E-state index >= 15 is 0 Å².